The van der Waals surface area contributed by atoms with Crippen molar-refractivity contribution in [2.24, 2.45) is 0 Å². The molecule has 0 fully saturated rings. The summed E-state index contributed by atoms with van der Waals surface area (Å²) in [6.07, 6.45) is 0. The molecular weight excluding hydrogens is 285 g/mol. The maximum atomic E-state index is 13.4. The van der Waals surface area contributed by atoms with E-state index in [1.165, 1.54) is 0 Å². The first-order valence-corrected chi connectivity index (χ1v) is 9.13. The number of hydrogen-bond donors (Lipinski definition) is 1. The Morgan fingerprint density at radius 1 is 0.952 bits per heavy atom. The highest BCUT2D eigenvalue weighted by molar-refractivity contribution is 7.57. The van der Waals surface area contributed by atoms with Crippen LogP contribution < -0.4 is 5.09 Å². The van der Waals surface area contributed by atoms with Crippen molar-refractivity contribution >= 4 is 13.5 Å². The van der Waals surface area contributed by atoms with Gasteiger partial charge >= 0.3 is 7.59 Å². The fourth-order valence-corrected chi connectivity index (χ4v) is 4.89. The Kier molecular flexibility index (Phi) is 7.09. The minimum Gasteiger partial charge on any atom is -0.279 e. The maximum absolute atomic E-state index is 13.4. The highest BCUT2D eigenvalue weighted by Gasteiger charge is 2.36. The standard InChI is InChI=1S/C15H26N3O2P/c1-5-17(6-2)21(20,18(7-3)8-4)16-15(19)14-12-10-9-11-13-14/h9-13H,5-8H2,1-4H3,(H,16,19,20). The number of benzene rings is 1. The second kappa shape index (κ2) is 8.32. The van der Waals surface area contributed by atoms with Crippen LogP contribution in [0.15, 0.2) is 30.3 Å². The minimum absolute atomic E-state index is 0.294. The third-order valence-corrected chi connectivity index (χ3v) is 6.67. The van der Waals surface area contributed by atoms with Crippen LogP contribution in [0.4, 0.5) is 0 Å². The molecule has 0 aromatic heterocycles. The van der Waals surface area contributed by atoms with E-state index in [1.807, 2.05) is 43.1 Å². The normalized spacial score (nSPS) is 11.9. The van der Waals surface area contributed by atoms with E-state index in [4.69, 9.17) is 0 Å². The van der Waals surface area contributed by atoms with Crippen molar-refractivity contribution in [2.45, 2.75) is 27.7 Å². The summed E-state index contributed by atoms with van der Waals surface area (Å²) in [5, 5.41) is 2.78. The molecule has 0 saturated carbocycles. The SMILES string of the molecule is CCN(CC)P(=O)(NC(=O)c1ccccc1)N(CC)CC. The smallest absolute Gasteiger partial charge is 0.279 e. The maximum Gasteiger partial charge on any atom is 0.310 e. The zero-order valence-electron chi connectivity index (χ0n) is 13.4. The number of carbonyl (C=O) groups is 1. The summed E-state index contributed by atoms with van der Waals surface area (Å²) in [6.45, 7) is 10.3. The van der Waals surface area contributed by atoms with Gasteiger partial charge in [0, 0.05) is 31.7 Å². The van der Waals surface area contributed by atoms with E-state index >= 15 is 0 Å². The summed E-state index contributed by atoms with van der Waals surface area (Å²) in [5.74, 6) is -0.294. The van der Waals surface area contributed by atoms with E-state index in [0.717, 1.165) is 0 Å². The Balaban J connectivity index is 3.08. The molecule has 5 nitrogen and oxygen atoms in total. The molecule has 1 aromatic rings. The molecule has 0 unspecified atom stereocenters. The van der Waals surface area contributed by atoms with Gasteiger partial charge in [0.15, 0.2) is 0 Å². The van der Waals surface area contributed by atoms with Gasteiger partial charge in [0.2, 0.25) is 0 Å². The first-order valence-electron chi connectivity index (χ1n) is 7.51. The molecule has 0 atom stereocenters. The second-order valence-electron chi connectivity index (χ2n) is 4.63. The number of amides is 1. The molecule has 0 saturated heterocycles. The molecular formula is C15H26N3O2P. The first kappa shape index (κ1) is 17.9. The predicted molar refractivity (Wildman–Crippen MR) is 87.4 cm³/mol. The molecule has 0 heterocycles. The largest absolute Gasteiger partial charge is 0.310 e. The van der Waals surface area contributed by atoms with Crippen LogP contribution in [-0.4, -0.2) is 41.4 Å². The summed E-state index contributed by atoms with van der Waals surface area (Å²) in [5.41, 5.74) is 0.525. The van der Waals surface area contributed by atoms with Crippen molar-refractivity contribution in [3.05, 3.63) is 35.9 Å². The summed E-state index contributed by atoms with van der Waals surface area (Å²) >= 11 is 0. The van der Waals surface area contributed by atoms with Gasteiger partial charge in [-0.25, -0.2) is 9.34 Å². The molecule has 118 valence electrons. The third kappa shape index (κ3) is 4.16. The van der Waals surface area contributed by atoms with Crippen LogP contribution in [0, 0.1) is 0 Å². The molecule has 0 spiro atoms. The van der Waals surface area contributed by atoms with Crippen molar-refractivity contribution in [1.29, 1.82) is 0 Å². The van der Waals surface area contributed by atoms with Crippen LogP contribution in [0.25, 0.3) is 0 Å². The quantitative estimate of drug-likeness (QED) is 0.749. The van der Waals surface area contributed by atoms with Crippen molar-refractivity contribution in [2.75, 3.05) is 26.2 Å². The lowest BCUT2D eigenvalue weighted by Gasteiger charge is -2.37. The van der Waals surface area contributed by atoms with Gasteiger partial charge < -0.3 is 0 Å². The molecule has 0 aliphatic heterocycles. The molecule has 1 aromatic carbocycles. The van der Waals surface area contributed by atoms with E-state index in [2.05, 4.69) is 5.09 Å². The Bertz CT molecular complexity index is 469. The number of nitrogens with one attached hydrogen (secondary N) is 1. The molecule has 0 radical (unpaired) electrons. The lowest BCUT2D eigenvalue weighted by Crippen LogP contribution is -2.40. The predicted octanol–water partition coefficient (Wildman–Crippen LogP) is 3.21. The van der Waals surface area contributed by atoms with Gasteiger partial charge in [-0.1, -0.05) is 45.9 Å². The summed E-state index contributed by atoms with van der Waals surface area (Å²) in [6, 6.07) is 8.91. The number of carbonyl (C=O) groups excluding carboxylic acids is 1. The number of nitrogens with zero attached hydrogens (tertiary/aromatic N) is 2. The van der Waals surface area contributed by atoms with Crippen molar-refractivity contribution in [1.82, 2.24) is 14.4 Å². The Hall–Kier alpha value is -1.16. The van der Waals surface area contributed by atoms with Crippen LogP contribution in [0.5, 0.6) is 0 Å². The van der Waals surface area contributed by atoms with Gasteiger partial charge in [0.05, 0.1) is 0 Å². The molecule has 1 amide bonds. The Labute approximate surface area is 127 Å². The fourth-order valence-electron chi connectivity index (χ4n) is 2.32. The minimum atomic E-state index is -3.09. The number of hydrogen-bond acceptors (Lipinski definition) is 2. The number of rotatable bonds is 8. The molecule has 0 aliphatic rings. The van der Waals surface area contributed by atoms with Crippen LogP contribution in [0.1, 0.15) is 38.1 Å². The third-order valence-electron chi connectivity index (χ3n) is 3.51. The van der Waals surface area contributed by atoms with E-state index < -0.39 is 7.59 Å². The van der Waals surface area contributed by atoms with E-state index in [-0.39, 0.29) is 5.91 Å². The van der Waals surface area contributed by atoms with Crippen molar-refractivity contribution < 1.29 is 9.36 Å². The molecule has 0 aliphatic carbocycles. The van der Waals surface area contributed by atoms with Crippen LogP contribution in [0.2, 0.25) is 0 Å². The van der Waals surface area contributed by atoms with Crippen molar-refractivity contribution in [3.8, 4) is 0 Å². The zero-order valence-corrected chi connectivity index (χ0v) is 14.3. The zero-order chi connectivity index (χ0) is 15.9. The van der Waals surface area contributed by atoms with Gasteiger partial charge in [-0.2, -0.15) is 0 Å². The van der Waals surface area contributed by atoms with E-state index in [0.29, 0.717) is 31.7 Å². The van der Waals surface area contributed by atoms with Gasteiger partial charge in [-0.15, -0.1) is 0 Å². The molecule has 21 heavy (non-hydrogen) atoms. The average Bonchev–Trinajstić information content (AvgIpc) is 2.50. The van der Waals surface area contributed by atoms with Crippen LogP contribution in [-0.2, 0) is 4.57 Å². The fraction of sp³-hybridized carbons (Fsp3) is 0.533. The summed E-state index contributed by atoms with van der Waals surface area (Å²) < 4.78 is 17.1. The van der Waals surface area contributed by atoms with Gasteiger partial charge in [0.1, 0.15) is 0 Å². The monoisotopic (exact) mass is 311 g/mol. The summed E-state index contributed by atoms with van der Waals surface area (Å²) in [4.78, 5) is 12.4. The first-order chi connectivity index (χ1) is 10.0. The van der Waals surface area contributed by atoms with Crippen LogP contribution >= 0.6 is 7.59 Å². The Morgan fingerprint density at radius 3 is 1.76 bits per heavy atom. The second-order valence-corrected chi connectivity index (χ2v) is 7.07. The van der Waals surface area contributed by atoms with Gasteiger partial charge in [0.25, 0.3) is 5.91 Å². The summed E-state index contributed by atoms with van der Waals surface area (Å²) in [7, 11) is -3.09. The molecule has 6 heteroatoms. The van der Waals surface area contributed by atoms with E-state index in [1.54, 1.807) is 24.3 Å². The lowest BCUT2D eigenvalue weighted by molar-refractivity contribution is 0.0974. The molecule has 0 bridgehead atoms. The van der Waals surface area contributed by atoms with Gasteiger partial charge in [-0.05, 0) is 12.1 Å². The van der Waals surface area contributed by atoms with E-state index in [9.17, 15) is 9.36 Å². The molecule has 1 N–H and O–H groups in total. The highest BCUT2D eigenvalue weighted by Crippen LogP contribution is 2.48. The van der Waals surface area contributed by atoms with Gasteiger partial charge in [-0.3, -0.25) is 14.4 Å². The molecule has 1 rings (SSSR count). The highest BCUT2D eigenvalue weighted by atomic mass is 31.2. The lowest BCUT2D eigenvalue weighted by atomic mass is 10.2. The Morgan fingerprint density at radius 2 is 1.38 bits per heavy atom. The average molecular weight is 311 g/mol. The van der Waals surface area contributed by atoms with Crippen LogP contribution in [0.3, 0.4) is 0 Å². The van der Waals surface area contributed by atoms with Crippen molar-refractivity contribution in [3.63, 3.8) is 0 Å². The topological polar surface area (TPSA) is 52.7 Å².